The predicted octanol–water partition coefficient (Wildman–Crippen LogP) is 3.31. The van der Waals surface area contributed by atoms with Crippen LogP contribution >= 0.6 is 24.0 Å². The number of rotatable bonds is 8. The van der Waals surface area contributed by atoms with Crippen LogP contribution in [0.4, 0.5) is 5.69 Å². The average molecular weight is 573 g/mol. The van der Waals surface area contributed by atoms with Gasteiger partial charge in [-0.25, -0.2) is 13.4 Å². The van der Waals surface area contributed by atoms with E-state index >= 15 is 0 Å². The highest BCUT2D eigenvalue weighted by Gasteiger charge is 2.20. The Balaban J connectivity index is 0.00000363. The Morgan fingerprint density at radius 3 is 2.34 bits per heavy atom. The zero-order chi connectivity index (χ0) is 22.1. The van der Waals surface area contributed by atoms with Crippen molar-refractivity contribution in [1.82, 2.24) is 10.6 Å². The van der Waals surface area contributed by atoms with E-state index < -0.39 is 9.84 Å². The Morgan fingerprint density at radius 2 is 1.75 bits per heavy atom. The fourth-order valence-electron chi connectivity index (χ4n) is 3.54. The number of ether oxygens (including phenoxy) is 1. The molecule has 1 aliphatic rings. The highest BCUT2D eigenvalue weighted by molar-refractivity contribution is 14.0. The minimum absolute atomic E-state index is 0. The first-order chi connectivity index (χ1) is 15.0. The van der Waals surface area contributed by atoms with Gasteiger partial charge in [-0.1, -0.05) is 18.2 Å². The van der Waals surface area contributed by atoms with E-state index in [-0.39, 0.29) is 28.9 Å². The molecule has 0 amide bonds. The maximum Gasteiger partial charge on any atom is 0.191 e. The number of hydrogen-bond donors (Lipinski definition) is 2. The normalized spacial score (nSPS) is 15.1. The SMILES string of the molecule is CCNC(=NCCOc1ccc(S(C)(=O)=O)cc1)NC1CCN(c2ccccc2)CC1.I. The van der Waals surface area contributed by atoms with Crippen molar-refractivity contribution in [2.45, 2.75) is 30.7 Å². The van der Waals surface area contributed by atoms with Gasteiger partial charge in [0.25, 0.3) is 0 Å². The predicted molar refractivity (Wildman–Crippen MR) is 141 cm³/mol. The van der Waals surface area contributed by atoms with Crippen LogP contribution in [0.25, 0.3) is 0 Å². The van der Waals surface area contributed by atoms with Gasteiger partial charge in [-0.05, 0) is 56.2 Å². The van der Waals surface area contributed by atoms with Crippen molar-refractivity contribution in [3.05, 3.63) is 54.6 Å². The molecule has 2 aromatic rings. The molecule has 2 N–H and O–H groups in total. The van der Waals surface area contributed by atoms with Crippen LogP contribution in [0, 0.1) is 0 Å². The van der Waals surface area contributed by atoms with Crippen LogP contribution in [-0.2, 0) is 9.84 Å². The Hall–Kier alpha value is -2.01. The molecule has 0 aliphatic carbocycles. The number of halogens is 1. The summed E-state index contributed by atoms with van der Waals surface area (Å²) in [7, 11) is -3.19. The number of benzene rings is 2. The summed E-state index contributed by atoms with van der Waals surface area (Å²) in [6.07, 6.45) is 3.31. The van der Waals surface area contributed by atoms with Crippen molar-refractivity contribution < 1.29 is 13.2 Å². The maximum absolute atomic E-state index is 11.5. The third-order valence-corrected chi connectivity index (χ3v) is 6.31. The maximum atomic E-state index is 11.5. The van der Waals surface area contributed by atoms with Gasteiger partial charge in [-0.15, -0.1) is 24.0 Å². The van der Waals surface area contributed by atoms with Gasteiger partial charge < -0.3 is 20.3 Å². The van der Waals surface area contributed by atoms with Crippen LogP contribution in [-0.4, -0.2) is 59.5 Å². The Kier molecular flexibility index (Phi) is 10.6. The molecule has 1 heterocycles. The Morgan fingerprint density at radius 1 is 1.09 bits per heavy atom. The summed E-state index contributed by atoms with van der Waals surface area (Å²) in [6.45, 7) is 5.81. The molecular weight excluding hydrogens is 539 g/mol. The molecule has 0 radical (unpaired) electrons. The first-order valence-electron chi connectivity index (χ1n) is 10.7. The van der Waals surface area contributed by atoms with Gasteiger partial charge in [0.1, 0.15) is 12.4 Å². The molecular formula is C23H33IN4O3S. The summed E-state index contributed by atoms with van der Waals surface area (Å²) >= 11 is 0. The lowest BCUT2D eigenvalue weighted by Crippen LogP contribution is -2.48. The minimum atomic E-state index is -3.19. The van der Waals surface area contributed by atoms with Gasteiger partial charge in [0.05, 0.1) is 11.4 Å². The molecule has 7 nitrogen and oxygen atoms in total. The molecule has 0 bridgehead atoms. The second-order valence-corrected chi connectivity index (χ2v) is 9.61. The first-order valence-corrected chi connectivity index (χ1v) is 12.6. The summed E-state index contributed by atoms with van der Waals surface area (Å²) in [5, 5.41) is 6.84. The highest BCUT2D eigenvalue weighted by Crippen LogP contribution is 2.19. The Bertz CT molecular complexity index is 945. The van der Waals surface area contributed by atoms with Crippen LogP contribution < -0.4 is 20.3 Å². The zero-order valence-electron chi connectivity index (χ0n) is 18.7. The van der Waals surface area contributed by atoms with E-state index in [1.807, 2.05) is 6.07 Å². The molecule has 176 valence electrons. The van der Waals surface area contributed by atoms with E-state index in [0.29, 0.717) is 24.9 Å². The van der Waals surface area contributed by atoms with Gasteiger partial charge in [0.2, 0.25) is 0 Å². The second kappa shape index (κ2) is 12.9. The van der Waals surface area contributed by atoms with Crippen molar-refractivity contribution in [2.75, 3.05) is 43.9 Å². The van der Waals surface area contributed by atoms with Crippen LogP contribution in [0.5, 0.6) is 5.75 Å². The lowest BCUT2D eigenvalue weighted by molar-refractivity contribution is 0.328. The van der Waals surface area contributed by atoms with Gasteiger partial charge in [0.15, 0.2) is 15.8 Å². The summed E-state index contributed by atoms with van der Waals surface area (Å²) in [6, 6.07) is 17.4. The number of nitrogens with one attached hydrogen (secondary N) is 2. The fourth-order valence-corrected chi connectivity index (χ4v) is 4.17. The molecule has 32 heavy (non-hydrogen) atoms. The van der Waals surface area contributed by atoms with E-state index in [1.54, 1.807) is 24.3 Å². The molecule has 0 spiro atoms. The number of piperidine rings is 1. The van der Waals surface area contributed by atoms with Gasteiger partial charge in [-0.2, -0.15) is 0 Å². The molecule has 9 heteroatoms. The number of nitrogens with zero attached hydrogens (tertiary/aromatic N) is 2. The molecule has 0 saturated carbocycles. The number of para-hydroxylation sites is 1. The summed E-state index contributed by atoms with van der Waals surface area (Å²) in [5.41, 5.74) is 1.28. The van der Waals surface area contributed by atoms with E-state index in [1.165, 1.54) is 11.9 Å². The third kappa shape index (κ3) is 8.16. The number of guanidine groups is 1. The lowest BCUT2D eigenvalue weighted by atomic mass is 10.0. The van der Waals surface area contributed by atoms with Gasteiger partial charge in [0, 0.05) is 37.6 Å². The molecule has 0 unspecified atom stereocenters. The summed E-state index contributed by atoms with van der Waals surface area (Å²) < 4.78 is 28.7. The molecule has 1 fully saturated rings. The van der Waals surface area contributed by atoms with Crippen LogP contribution in [0.3, 0.4) is 0 Å². The largest absolute Gasteiger partial charge is 0.492 e. The van der Waals surface area contributed by atoms with Crippen molar-refractivity contribution in [3.8, 4) is 5.75 Å². The van der Waals surface area contributed by atoms with Gasteiger partial charge >= 0.3 is 0 Å². The van der Waals surface area contributed by atoms with Crippen LogP contribution in [0.2, 0.25) is 0 Å². The highest BCUT2D eigenvalue weighted by atomic mass is 127. The molecule has 1 saturated heterocycles. The number of anilines is 1. The van der Waals surface area contributed by atoms with Crippen molar-refractivity contribution in [2.24, 2.45) is 4.99 Å². The average Bonchev–Trinajstić information content (AvgIpc) is 2.77. The summed E-state index contributed by atoms with van der Waals surface area (Å²) in [5.74, 6) is 1.44. The fraction of sp³-hybridized carbons (Fsp3) is 0.435. The quantitative estimate of drug-likeness (QED) is 0.219. The molecule has 0 aromatic heterocycles. The van der Waals surface area contributed by atoms with Crippen LogP contribution in [0.1, 0.15) is 19.8 Å². The van der Waals surface area contributed by atoms with Crippen molar-refractivity contribution in [3.63, 3.8) is 0 Å². The van der Waals surface area contributed by atoms with E-state index in [2.05, 4.69) is 51.7 Å². The van der Waals surface area contributed by atoms with Gasteiger partial charge in [-0.3, -0.25) is 0 Å². The van der Waals surface area contributed by atoms with E-state index in [4.69, 9.17) is 4.74 Å². The minimum Gasteiger partial charge on any atom is -0.492 e. The third-order valence-electron chi connectivity index (χ3n) is 5.18. The van der Waals surface area contributed by atoms with Crippen LogP contribution in [0.15, 0.2) is 64.5 Å². The van der Waals surface area contributed by atoms with E-state index in [0.717, 1.165) is 38.4 Å². The smallest absolute Gasteiger partial charge is 0.191 e. The standard InChI is InChI=1S/C23H32N4O3S.HI/c1-3-24-23(25-15-18-30-21-9-11-22(12-10-21)31(2,28)29)26-19-13-16-27(17-14-19)20-7-5-4-6-8-20;/h4-12,19H,3,13-18H2,1-2H3,(H2,24,25,26);1H. The summed E-state index contributed by atoms with van der Waals surface area (Å²) in [4.78, 5) is 7.33. The zero-order valence-corrected chi connectivity index (χ0v) is 21.8. The first kappa shape index (κ1) is 26.2. The number of hydrogen-bond acceptors (Lipinski definition) is 5. The molecule has 1 aliphatic heterocycles. The lowest BCUT2D eigenvalue weighted by Gasteiger charge is -2.34. The topological polar surface area (TPSA) is 83.0 Å². The van der Waals surface area contributed by atoms with E-state index in [9.17, 15) is 8.42 Å². The molecule has 3 rings (SSSR count). The number of aliphatic imine (C=N–C) groups is 1. The number of sulfone groups is 1. The monoisotopic (exact) mass is 572 g/mol. The van der Waals surface area contributed by atoms with Crippen molar-refractivity contribution in [1.29, 1.82) is 0 Å². The molecule has 0 atom stereocenters. The van der Waals surface area contributed by atoms with Crippen molar-refractivity contribution >= 4 is 45.5 Å². The Labute approximate surface area is 208 Å². The molecule has 2 aromatic carbocycles. The second-order valence-electron chi connectivity index (χ2n) is 7.59.